The zero-order valence-corrected chi connectivity index (χ0v) is 16.8. The summed E-state index contributed by atoms with van der Waals surface area (Å²) in [7, 11) is 0. The summed E-state index contributed by atoms with van der Waals surface area (Å²) in [6, 6.07) is 17.3. The molecule has 1 aliphatic rings. The summed E-state index contributed by atoms with van der Waals surface area (Å²) >= 11 is 0. The Morgan fingerprint density at radius 3 is 2.70 bits per heavy atom. The van der Waals surface area contributed by atoms with Crippen LogP contribution in [0, 0.1) is 13.8 Å². The lowest BCUT2D eigenvalue weighted by Crippen LogP contribution is -2.16. The van der Waals surface area contributed by atoms with Crippen molar-refractivity contribution >= 4 is 22.5 Å². The summed E-state index contributed by atoms with van der Waals surface area (Å²) in [5.74, 6) is 1.33. The number of nitrogens with one attached hydrogen (secondary N) is 1. The van der Waals surface area contributed by atoms with Crippen LogP contribution < -0.4 is 14.8 Å². The summed E-state index contributed by atoms with van der Waals surface area (Å²) in [5.41, 5.74) is 5.04. The van der Waals surface area contributed by atoms with Crippen LogP contribution in [-0.4, -0.2) is 28.7 Å². The van der Waals surface area contributed by atoms with Gasteiger partial charge in [-0.3, -0.25) is 9.78 Å². The molecule has 0 aliphatic carbocycles. The molecule has 0 saturated carbocycles. The fourth-order valence-electron chi connectivity index (χ4n) is 3.91. The first kappa shape index (κ1) is 18.2. The van der Waals surface area contributed by atoms with E-state index in [0.29, 0.717) is 18.8 Å². The maximum atomic E-state index is 13.0. The second kappa shape index (κ2) is 7.22. The minimum atomic E-state index is -0.143. The molecule has 4 aromatic rings. The first-order valence-electron chi connectivity index (χ1n) is 9.85. The summed E-state index contributed by atoms with van der Waals surface area (Å²) in [6.07, 6.45) is 1.76. The molecule has 1 aliphatic heterocycles. The predicted octanol–water partition coefficient (Wildman–Crippen LogP) is 4.67. The van der Waals surface area contributed by atoms with Crippen molar-refractivity contribution in [2.75, 3.05) is 18.5 Å². The molecule has 0 radical (unpaired) electrons. The van der Waals surface area contributed by atoms with E-state index in [1.807, 2.05) is 68.4 Å². The molecule has 0 fully saturated rings. The number of hydrogen-bond donors (Lipinski definition) is 1. The number of fused-ring (bicyclic) bond motifs is 2. The summed E-state index contributed by atoms with van der Waals surface area (Å²) in [5, 5.41) is 3.99. The average Bonchev–Trinajstić information content (AvgIpc) is 3.07. The molecule has 0 unspecified atom stereocenters. The van der Waals surface area contributed by atoms with Crippen molar-refractivity contribution in [2.45, 2.75) is 13.8 Å². The van der Waals surface area contributed by atoms with E-state index in [1.54, 1.807) is 6.20 Å². The zero-order valence-electron chi connectivity index (χ0n) is 16.8. The number of aromatic nitrogens is 2. The number of ether oxygens (including phenoxy) is 2. The van der Waals surface area contributed by atoms with Crippen LogP contribution in [0.5, 0.6) is 11.5 Å². The van der Waals surface area contributed by atoms with Crippen LogP contribution in [0.2, 0.25) is 0 Å². The van der Waals surface area contributed by atoms with Gasteiger partial charge in [-0.15, -0.1) is 0 Å². The van der Waals surface area contributed by atoms with Gasteiger partial charge in [0.1, 0.15) is 13.2 Å². The van der Waals surface area contributed by atoms with Crippen LogP contribution in [0.4, 0.5) is 5.69 Å². The number of anilines is 1. The highest BCUT2D eigenvalue weighted by Crippen LogP contribution is 2.33. The summed E-state index contributed by atoms with van der Waals surface area (Å²) in [6.45, 7) is 5.03. The molecular formula is C24H21N3O3. The maximum Gasteiger partial charge on any atom is 0.257 e. The van der Waals surface area contributed by atoms with Crippen molar-refractivity contribution in [3.63, 3.8) is 0 Å². The largest absolute Gasteiger partial charge is 0.486 e. The number of rotatable bonds is 3. The van der Waals surface area contributed by atoms with Crippen molar-refractivity contribution in [2.24, 2.45) is 0 Å². The van der Waals surface area contributed by atoms with Crippen LogP contribution in [-0.2, 0) is 0 Å². The van der Waals surface area contributed by atoms with Crippen molar-refractivity contribution in [1.82, 2.24) is 9.55 Å². The highest BCUT2D eigenvalue weighted by atomic mass is 16.6. The van der Waals surface area contributed by atoms with Gasteiger partial charge in [-0.25, -0.2) is 0 Å². The van der Waals surface area contributed by atoms with E-state index in [9.17, 15) is 4.79 Å². The standard InChI is InChI=1S/C24H21N3O3/c1-15-12-20(24(28)26-18-5-7-21-17(13-18)4-3-9-25-21)16(2)27(15)19-6-8-22-23(14-19)30-11-10-29-22/h3-9,12-14H,10-11H2,1-2H3,(H,26,28). The second-order valence-corrected chi connectivity index (χ2v) is 7.31. The molecule has 0 bridgehead atoms. The zero-order chi connectivity index (χ0) is 20.7. The molecule has 6 heteroatoms. The van der Waals surface area contributed by atoms with E-state index < -0.39 is 0 Å². The quantitative estimate of drug-likeness (QED) is 0.544. The smallest absolute Gasteiger partial charge is 0.257 e. The number of hydrogen-bond acceptors (Lipinski definition) is 4. The number of amides is 1. The number of pyridine rings is 1. The third kappa shape index (κ3) is 3.16. The monoisotopic (exact) mass is 399 g/mol. The van der Waals surface area contributed by atoms with Gasteiger partial charge >= 0.3 is 0 Å². The molecule has 3 heterocycles. The highest BCUT2D eigenvalue weighted by molar-refractivity contribution is 6.06. The number of nitrogens with zero attached hydrogens (tertiary/aromatic N) is 2. The molecular weight excluding hydrogens is 378 g/mol. The van der Waals surface area contributed by atoms with Crippen molar-refractivity contribution in [3.05, 3.63) is 77.7 Å². The molecule has 30 heavy (non-hydrogen) atoms. The van der Waals surface area contributed by atoms with E-state index in [2.05, 4.69) is 14.9 Å². The van der Waals surface area contributed by atoms with E-state index >= 15 is 0 Å². The fraction of sp³-hybridized carbons (Fsp3) is 0.167. The van der Waals surface area contributed by atoms with Crippen LogP contribution in [0.15, 0.2) is 60.8 Å². The van der Waals surface area contributed by atoms with Gasteiger partial charge in [0.15, 0.2) is 11.5 Å². The van der Waals surface area contributed by atoms with E-state index in [4.69, 9.17) is 9.47 Å². The lowest BCUT2D eigenvalue weighted by atomic mass is 10.2. The van der Waals surface area contributed by atoms with E-state index in [1.165, 1.54) is 0 Å². The molecule has 1 N–H and O–H groups in total. The Balaban J connectivity index is 1.46. The lowest BCUT2D eigenvalue weighted by molar-refractivity contribution is 0.102. The fourth-order valence-corrected chi connectivity index (χ4v) is 3.91. The van der Waals surface area contributed by atoms with Gasteiger partial charge in [-0.2, -0.15) is 0 Å². The van der Waals surface area contributed by atoms with Crippen LogP contribution in [0.3, 0.4) is 0 Å². The number of carbonyl (C=O) groups excluding carboxylic acids is 1. The molecule has 1 amide bonds. The van der Waals surface area contributed by atoms with Crippen molar-refractivity contribution in [1.29, 1.82) is 0 Å². The Bertz CT molecular complexity index is 1280. The van der Waals surface area contributed by atoms with Gasteiger partial charge in [0, 0.05) is 40.4 Å². The number of aryl methyl sites for hydroxylation is 1. The van der Waals surface area contributed by atoms with Crippen molar-refractivity contribution < 1.29 is 14.3 Å². The Hall–Kier alpha value is -3.80. The third-order valence-corrected chi connectivity index (χ3v) is 5.32. The van der Waals surface area contributed by atoms with Gasteiger partial charge in [-0.05, 0) is 56.3 Å². The van der Waals surface area contributed by atoms with Crippen LogP contribution >= 0.6 is 0 Å². The van der Waals surface area contributed by atoms with Gasteiger partial charge in [0.05, 0.1) is 11.1 Å². The Labute approximate surface area is 174 Å². The van der Waals surface area contributed by atoms with Gasteiger partial charge in [0.25, 0.3) is 5.91 Å². The molecule has 0 spiro atoms. The minimum absolute atomic E-state index is 0.143. The number of carbonyl (C=O) groups is 1. The number of benzene rings is 2. The topological polar surface area (TPSA) is 65.4 Å². The second-order valence-electron chi connectivity index (χ2n) is 7.31. The molecule has 6 nitrogen and oxygen atoms in total. The van der Waals surface area contributed by atoms with Gasteiger partial charge in [0.2, 0.25) is 0 Å². The Morgan fingerprint density at radius 1 is 1.00 bits per heavy atom. The van der Waals surface area contributed by atoms with Crippen LogP contribution in [0.1, 0.15) is 21.7 Å². The molecule has 0 atom stereocenters. The first-order valence-corrected chi connectivity index (χ1v) is 9.85. The normalized spacial score (nSPS) is 12.7. The minimum Gasteiger partial charge on any atom is -0.486 e. The maximum absolute atomic E-state index is 13.0. The molecule has 0 saturated heterocycles. The third-order valence-electron chi connectivity index (χ3n) is 5.32. The summed E-state index contributed by atoms with van der Waals surface area (Å²) < 4.78 is 13.4. The molecule has 5 rings (SSSR count). The van der Waals surface area contributed by atoms with E-state index in [0.717, 1.165) is 45.2 Å². The Kier molecular flexibility index (Phi) is 4.39. The molecule has 2 aromatic carbocycles. The lowest BCUT2D eigenvalue weighted by Gasteiger charge is -2.20. The van der Waals surface area contributed by atoms with Crippen molar-refractivity contribution in [3.8, 4) is 17.2 Å². The average molecular weight is 399 g/mol. The SMILES string of the molecule is Cc1cc(C(=O)Nc2ccc3ncccc3c2)c(C)n1-c1ccc2c(c1)OCCO2. The first-order chi connectivity index (χ1) is 14.6. The highest BCUT2D eigenvalue weighted by Gasteiger charge is 2.19. The predicted molar refractivity (Wildman–Crippen MR) is 116 cm³/mol. The van der Waals surface area contributed by atoms with E-state index in [-0.39, 0.29) is 5.91 Å². The molecule has 150 valence electrons. The summed E-state index contributed by atoms with van der Waals surface area (Å²) in [4.78, 5) is 17.3. The Morgan fingerprint density at radius 2 is 1.83 bits per heavy atom. The molecule has 2 aromatic heterocycles. The van der Waals surface area contributed by atoms with Gasteiger partial charge in [-0.1, -0.05) is 6.07 Å². The van der Waals surface area contributed by atoms with Gasteiger partial charge < -0.3 is 19.4 Å². The van der Waals surface area contributed by atoms with Crippen LogP contribution in [0.25, 0.3) is 16.6 Å².